The van der Waals surface area contributed by atoms with Gasteiger partial charge < -0.3 is 19.9 Å². The fraction of sp³-hybridized carbons (Fsp3) is 0.0556. The van der Waals surface area contributed by atoms with E-state index in [1.54, 1.807) is 18.2 Å². The molecule has 0 aliphatic rings. The van der Waals surface area contributed by atoms with Gasteiger partial charge in [-0.05, 0) is 48.7 Å². The average molecular weight is 538 g/mol. The monoisotopic (exact) mass is 538 g/mol. The summed E-state index contributed by atoms with van der Waals surface area (Å²) >= 11 is 1.41. The number of thiazole rings is 1. The summed E-state index contributed by atoms with van der Waals surface area (Å²) < 4.78 is 70.2. The summed E-state index contributed by atoms with van der Waals surface area (Å²) in [5.74, 6) is -0.803. The summed E-state index contributed by atoms with van der Waals surface area (Å²) in [4.78, 5) is 2.60. The molecule has 11 nitrogen and oxygen atoms in total. The van der Waals surface area contributed by atoms with E-state index in [1.165, 1.54) is 11.3 Å². The van der Waals surface area contributed by atoms with E-state index in [1.807, 2.05) is 6.92 Å². The number of aryl methyl sites for hydroxylation is 1. The van der Waals surface area contributed by atoms with Gasteiger partial charge in [-0.15, -0.1) is 16.5 Å². The number of azo groups is 1. The Morgan fingerprint density at radius 2 is 1.68 bits per heavy atom. The second kappa shape index (κ2) is 10.4. The van der Waals surface area contributed by atoms with Crippen LogP contribution in [0.1, 0.15) is 5.01 Å². The molecule has 0 saturated heterocycles. The maximum absolute atomic E-state index is 11.8. The second-order valence-corrected chi connectivity index (χ2v) is 10.6. The maximum atomic E-state index is 11.8. The van der Waals surface area contributed by atoms with Crippen LogP contribution in [0.4, 0.5) is 17.1 Å². The second-order valence-electron chi connectivity index (χ2n) is 6.68. The van der Waals surface area contributed by atoms with Gasteiger partial charge in [-0.2, -0.15) is 5.11 Å². The van der Waals surface area contributed by atoms with Crippen molar-refractivity contribution in [3.05, 3.63) is 41.4 Å². The molecule has 16 heteroatoms. The number of nitrogen functional groups attached to an aromatic ring is 1. The zero-order chi connectivity index (χ0) is 23.4. The smallest absolute Gasteiger partial charge is 0.744 e. The first-order valence-electron chi connectivity index (χ1n) is 8.64. The number of phenols is 1. The third-order valence-electron chi connectivity index (χ3n) is 4.46. The summed E-state index contributed by atoms with van der Waals surface area (Å²) in [6.45, 7) is 1.83. The molecule has 0 fully saturated rings. The van der Waals surface area contributed by atoms with Crippen molar-refractivity contribution in [1.29, 1.82) is 0 Å². The van der Waals surface area contributed by atoms with Gasteiger partial charge in [0.25, 0.3) is 0 Å². The van der Waals surface area contributed by atoms with Crippen LogP contribution in [0.2, 0.25) is 0 Å². The molecule has 0 aliphatic carbocycles. The van der Waals surface area contributed by atoms with Gasteiger partial charge in [-0.3, -0.25) is 0 Å². The Hall–Kier alpha value is -1.17. The standard InChI is InChI=1S/C18H14N4O7S3.2Na/c1-8-20-13-3-2-10(6-14(13)30-8)21-22-17-15(32(27,28)29)5-9-4-11(31(24,25)26)7-12(19)16(9)18(17)23;;/h2-7,23H,19H2,1H3,(H,24,25,26)(H,27,28,29);;/q;2*+1/p-2. The van der Waals surface area contributed by atoms with E-state index in [-0.39, 0.29) is 75.6 Å². The number of hydrogen-bond acceptors (Lipinski definition) is 12. The molecule has 1 aromatic heterocycles. The Morgan fingerprint density at radius 1 is 1.00 bits per heavy atom. The van der Waals surface area contributed by atoms with Crippen LogP contribution in [-0.4, -0.2) is 36.0 Å². The van der Waals surface area contributed by atoms with Crippen LogP contribution >= 0.6 is 11.3 Å². The molecule has 166 valence electrons. The van der Waals surface area contributed by atoms with Crippen LogP contribution < -0.4 is 64.8 Å². The zero-order valence-corrected chi connectivity index (χ0v) is 24.5. The topological polar surface area (TPSA) is 198 Å². The SMILES string of the molecule is Cc1nc2ccc(N=Nc3c(S(=O)(=O)[O-])cc4cc(S(=O)(=O)[O-])cc(N)c4c3O)cc2s1.[Na+].[Na+]. The summed E-state index contributed by atoms with van der Waals surface area (Å²) in [6.07, 6.45) is 0. The van der Waals surface area contributed by atoms with Gasteiger partial charge in [-0.25, -0.2) is 21.8 Å². The van der Waals surface area contributed by atoms with E-state index >= 15 is 0 Å². The fourth-order valence-corrected chi connectivity index (χ4v) is 5.17. The van der Waals surface area contributed by atoms with Crippen molar-refractivity contribution < 1.29 is 90.2 Å². The van der Waals surface area contributed by atoms with Crippen molar-refractivity contribution >= 4 is 69.6 Å². The molecule has 0 saturated carbocycles. The van der Waals surface area contributed by atoms with Gasteiger partial charge in [0.2, 0.25) is 0 Å². The molecule has 3 aromatic carbocycles. The van der Waals surface area contributed by atoms with Crippen molar-refractivity contribution in [2.45, 2.75) is 16.7 Å². The van der Waals surface area contributed by atoms with Gasteiger partial charge in [0.1, 0.15) is 25.9 Å². The number of benzene rings is 3. The molecular weight excluding hydrogens is 526 g/mol. The summed E-state index contributed by atoms with van der Waals surface area (Å²) in [5, 5.41) is 18.7. The first-order valence-corrected chi connectivity index (χ1v) is 12.3. The van der Waals surface area contributed by atoms with Gasteiger partial charge in [0.05, 0.1) is 30.7 Å². The van der Waals surface area contributed by atoms with Crippen molar-refractivity contribution in [3.8, 4) is 5.75 Å². The molecule has 0 amide bonds. The van der Waals surface area contributed by atoms with Gasteiger partial charge in [0.15, 0.2) is 5.75 Å². The largest absolute Gasteiger partial charge is 1.00 e. The number of fused-ring (bicyclic) bond motifs is 2. The fourth-order valence-electron chi connectivity index (χ4n) is 3.12. The first-order chi connectivity index (χ1) is 14.8. The number of nitrogens with two attached hydrogens (primary N) is 1. The summed E-state index contributed by atoms with van der Waals surface area (Å²) in [6, 6.07) is 7.30. The van der Waals surface area contributed by atoms with Crippen LogP contribution in [0.5, 0.6) is 5.75 Å². The minimum atomic E-state index is -5.18. The molecule has 0 spiro atoms. The number of anilines is 1. The molecular formula is C18H12N4Na2O7S3. The quantitative estimate of drug-likeness (QED) is 0.120. The summed E-state index contributed by atoms with van der Waals surface area (Å²) in [7, 11) is -10.1. The van der Waals surface area contributed by atoms with Crippen LogP contribution in [0.15, 0.2) is 56.4 Å². The minimum absolute atomic E-state index is 0. The van der Waals surface area contributed by atoms with E-state index in [9.17, 15) is 31.0 Å². The molecule has 0 aliphatic heterocycles. The van der Waals surface area contributed by atoms with E-state index in [4.69, 9.17) is 5.73 Å². The van der Waals surface area contributed by atoms with E-state index < -0.39 is 41.5 Å². The van der Waals surface area contributed by atoms with Gasteiger partial charge >= 0.3 is 59.1 Å². The predicted octanol–water partition coefficient (Wildman–Crippen LogP) is -2.72. The van der Waals surface area contributed by atoms with E-state index in [2.05, 4.69) is 15.2 Å². The van der Waals surface area contributed by atoms with Crippen LogP contribution in [0.3, 0.4) is 0 Å². The Labute approximate surface area is 242 Å². The molecule has 3 N–H and O–H groups in total. The van der Waals surface area contributed by atoms with E-state index in [0.29, 0.717) is 5.69 Å². The van der Waals surface area contributed by atoms with Crippen molar-refractivity contribution in [2.75, 3.05) is 5.73 Å². The average Bonchev–Trinajstić information content (AvgIpc) is 3.04. The maximum Gasteiger partial charge on any atom is 1.00 e. The van der Waals surface area contributed by atoms with Crippen molar-refractivity contribution in [1.82, 2.24) is 4.98 Å². The minimum Gasteiger partial charge on any atom is -0.744 e. The number of hydrogen-bond donors (Lipinski definition) is 2. The molecule has 0 atom stereocenters. The number of phenolic OH excluding ortho intramolecular Hbond substituents is 1. The molecule has 4 rings (SSSR count). The first kappa shape index (κ1) is 29.1. The number of aromatic nitrogens is 1. The number of rotatable bonds is 4. The zero-order valence-electron chi connectivity index (χ0n) is 18.0. The molecule has 0 unspecified atom stereocenters. The normalized spacial score (nSPS) is 12.1. The summed E-state index contributed by atoms with van der Waals surface area (Å²) in [5.41, 5.74) is 5.82. The Morgan fingerprint density at radius 3 is 2.29 bits per heavy atom. The van der Waals surface area contributed by atoms with Crippen LogP contribution in [-0.2, 0) is 20.2 Å². The van der Waals surface area contributed by atoms with Crippen LogP contribution in [0, 0.1) is 6.92 Å². The molecule has 34 heavy (non-hydrogen) atoms. The number of aromatic hydroxyl groups is 1. The van der Waals surface area contributed by atoms with Crippen molar-refractivity contribution in [2.24, 2.45) is 10.2 Å². The Kier molecular flexibility index (Phi) is 8.92. The van der Waals surface area contributed by atoms with E-state index in [0.717, 1.165) is 33.4 Å². The molecule has 4 aromatic rings. The Bertz CT molecular complexity index is 1670. The van der Waals surface area contributed by atoms with Gasteiger partial charge in [-0.1, -0.05) is 0 Å². The third kappa shape index (κ3) is 5.79. The van der Waals surface area contributed by atoms with Crippen molar-refractivity contribution in [3.63, 3.8) is 0 Å². The predicted molar refractivity (Wildman–Crippen MR) is 114 cm³/mol. The molecule has 0 bridgehead atoms. The Balaban J connectivity index is 0.00000204. The molecule has 1 heterocycles. The third-order valence-corrected chi connectivity index (χ3v) is 7.05. The van der Waals surface area contributed by atoms with Crippen LogP contribution in [0.25, 0.3) is 21.0 Å². The van der Waals surface area contributed by atoms with Gasteiger partial charge in [0, 0.05) is 11.1 Å². The molecule has 0 radical (unpaired) electrons. The number of nitrogens with zero attached hydrogens (tertiary/aromatic N) is 3.